The number of halogens is 4. The molecule has 0 radical (unpaired) electrons. The molecule has 7 heteroatoms. The molecule has 0 atom stereocenters. The van der Waals surface area contributed by atoms with E-state index >= 15 is 0 Å². The lowest BCUT2D eigenvalue weighted by Crippen LogP contribution is -2.28. The van der Waals surface area contributed by atoms with Crippen molar-refractivity contribution in [3.8, 4) is 0 Å². The number of benzene rings is 2. The molecule has 21 heavy (non-hydrogen) atoms. The summed E-state index contributed by atoms with van der Waals surface area (Å²) in [6.45, 7) is 0.233. The van der Waals surface area contributed by atoms with Crippen LogP contribution in [0.5, 0.6) is 0 Å². The van der Waals surface area contributed by atoms with E-state index in [2.05, 4.69) is 10.6 Å². The highest BCUT2D eigenvalue weighted by atomic mass is 35.5. The summed E-state index contributed by atoms with van der Waals surface area (Å²) in [4.78, 5) is 11.7. The van der Waals surface area contributed by atoms with Gasteiger partial charge in [-0.2, -0.15) is 0 Å². The maximum Gasteiger partial charge on any atom is 0.319 e. The lowest BCUT2D eigenvalue weighted by molar-refractivity contribution is 0.251. The Morgan fingerprint density at radius 2 is 1.81 bits per heavy atom. The van der Waals surface area contributed by atoms with Crippen molar-refractivity contribution in [2.75, 3.05) is 5.32 Å². The number of rotatable bonds is 3. The molecule has 2 N–H and O–H groups in total. The first-order valence-corrected chi connectivity index (χ1v) is 7.03. The van der Waals surface area contributed by atoms with Crippen molar-refractivity contribution >= 4 is 46.5 Å². The van der Waals surface area contributed by atoms with E-state index in [4.69, 9.17) is 34.8 Å². The summed E-state index contributed by atoms with van der Waals surface area (Å²) in [5, 5.41) is 6.09. The summed E-state index contributed by atoms with van der Waals surface area (Å²) in [5.74, 6) is -0.546. The van der Waals surface area contributed by atoms with Crippen LogP contribution in [0.3, 0.4) is 0 Å². The van der Waals surface area contributed by atoms with E-state index in [0.717, 1.165) is 5.56 Å². The van der Waals surface area contributed by atoms with E-state index < -0.39 is 11.8 Å². The molecule has 2 aromatic rings. The second-order valence-corrected chi connectivity index (χ2v) is 5.42. The Hall–Kier alpha value is -1.49. The van der Waals surface area contributed by atoms with Crippen LogP contribution in [0.4, 0.5) is 14.9 Å². The van der Waals surface area contributed by atoms with E-state index in [0.29, 0.717) is 15.7 Å². The Morgan fingerprint density at radius 1 is 1.05 bits per heavy atom. The second-order valence-electron chi connectivity index (χ2n) is 4.17. The number of hydrogen-bond donors (Lipinski definition) is 2. The number of hydrogen-bond acceptors (Lipinski definition) is 1. The smallest absolute Gasteiger partial charge is 0.319 e. The minimum atomic E-state index is -0.546. The molecule has 0 fully saturated rings. The van der Waals surface area contributed by atoms with Crippen molar-refractivity contribution in [3.63, 3.8) is 0 Å². The quantitative estimate of drug-likeness (QED) is 0.796. The van der Waals surface area contributed by atoms with Gasteiger partial charge in [-0.05, 0) is 35.9 Å². The van der Waals surface area contributed by atoms with Gasteiger partial charge in [0.1, 0.15) is 5.82 Å². The summed E-state index contributed by atoms with van der Waals surface area (Å²) >= 11 is 17.4. The molecule has 0 aromatic heterocycles. The molecule has 110 valence electrons. The molecule has 2 amide bonds. The molecular weight excluding hydrogens is 338 g/mol. The van der Waals surface area contributed by atoms with E-state index in [1.54, 1.807) is 18.2 Å². The Balaban J connectivity index is 1.94. The maximum absolute atomic E-state index is 13.0. The first-order chi connectivity index (χ1) is 9.95. The van der Waals surface area contributed by atoms with Crippen LogP contribution >= 0.6 is 34.8 Å². The molecule has 2 aromatic carbocycles. The van der Waals surface area contributed by atoms with Gasteiger partial charge in [-0.1, -0.05) is 40.9 Å². The van der Waals surface area contributed by atoms with Crippen LogP contribution in [0.2, 0.25) is 15.1 Å². The fraction of sp³-hybridized carbons (Fsp3) is 0.0714. The molecule has 0 unspecified atom stereocenters. The minimum Gasteiger partial charge on any atom is -0.334 e. The molecular formula is C14H10Cl3FN2O. The summed E-state index contributed by atoms with van der Waals surface area (Å²) in [5.41, 5.74) is 1.12. The van der Waals surface area contributed by atoms with Crippen molar-refractivity contribution in [2.24, 2.45) is 0 Å². The fourth-order valence-corrected chi connectivity index (χ4v) is 2.25. The number of urea groups is 1. The predicted octanol–water partition coefficient (Wildman–Crippen LogP) is 5.11. The van der Waals surface area contributed by atoms with Crippen molar-refractivity contribution < 1.29 is 9.18 Å². The lowest BCUT2D eigenvalue weighted by Gasteiger charge is -2.09. The van der Waals surface area contributed by atoms with Gasteiger partial charge in [0.25, 0.3) is 0 Å². The van der Waals surface area contributed by atoms with Gasteiger partial charge in [0.05, 0.1) is 5.02 Å². The SMILES string of the molecule is O=C(NCc1ccc(Cl)cc1Cl)Nc1ccc(F)c(Cl)c1. The second kappa shape index (κ2) is 6.98. The van der Waals surface area contributed by atoms with Crippen LogP contribution in [0, 0.1) is 5.82 Å². The molecule has 0 saturated carbocycles. The third kappa shape index (κ3) is 4.49. The van der Waals surface area contributed by atoms with Crippen LogP contribution in [0.15, 0.2) is 36.4 Å². The van der Waals surface area contributed by atoms with Crippen LogP contribution in [-0.4, -0.2) is 6.03 Å². The van der Waals surface area contributed by atoms with Gasteiger partial charge in [-0.3, -0.25) is 0 Å². The normalized spacial score (nSPS) is 10.3. The van der Waals surface area contributed by atoms with Crippen molar-refractivity contribution in [2.45, 2.75) is 6.54 Å². The molecule has 0 aliphatic rings. The van der Waals surface area contributed by atoms with Gasteiger partial charge < -0.3 is 10.6 Å². The third-order valence-corrected chi connectivity index (χ3v) is 3.51. The Labute approximate surface area is 136 Å². The summed E-state index contributed by atoms with van der Waals surface area (Å²) in [6, 6.07) is 8.46. The standard InChI is InChI=1S/C14H10Cl3FN2O/c15-9-2-1-8(11(16)5-9)7-19-14(21)20-10-3-4-13(18)12(17)6-10/h1-6H,7H2,(H2,19,20,21). The highest BCUT2D eigenvalue weighted by Crippen LogP contribution is 2.21. The van der Waals surface area contributed by atoms with E-state index in [9.17, 15) is 9.18 Å². The molecule has 2 rings (SSSR count). The molecule has 0 bridgehead atoms. The minimum absolute atomic E-state index is 0.0615. The zero-order valence-electron chi connectivity index (χ0n) is 10.6. The zero-order chi connectivity index (χ0) is 15.4. The van der Waals surface area contributed by atoms with Crippen LogP contribution in [-0.2, 0) is 6.54 Å². The number of carbonyl (C=O) groups is 1. The number of amides is 2. The average Bonchev–Trinajstić information content (AvgIpc) is 2.42. The highest BCUT2D eigenvalue weighted by Gasteiger charge is 2.06. The fourth-order valence-electron chi connectivity index (χ4n) is 1.59. The first kappa shape index (κ1) is 15.9. The maximum atomic E-state index is 13.0. The Morgan fingerprint density at radius 3 is 2.48 bits per heavy atom. The van der Waals surface area contributed by atoms with Gasteiger partial charge in [0.15, 0.2) is 0 Å². The first-order valence-electron chi connectivity index (χ1n) is 5.89. The largest absolute Gasteiger partial charge is 0.334 e. The van der Waals surface area contributed by atoms with Gasteiger partial charge in [0.2, 0.25) is 0 Å². The van der Waals surface area contributed by atoms with Crippen LogP contribution in [0.1, 0.15) is 5.56 Å². The van der Waals surface area contributed by atoms with Gasteiger partial charge in [-0.15, -0.1) is 0 Å². The number of anilines is 1. The van der Waals surface area contributed by atoms with Gasteiger partial charge in [0, 0.05) is 22.3 Å². The predicted molar refractivity (Wildman–Crippen MR) is 83.7 cm³/mol. The van der Waals surface area contributed by atoms with E-state index in [1.807, 2.05) is 0 Å². The Kier molecular flexibility index (Phi) is 5.28. The molecule has 0 aliphatic carbocycles. The average molecular weight is 348 g/mol. The number of carbonyl (C=O) groups excluding carboxylic acids is 1. The van der Waals surface area contributed by atoms with Crippen molar-refractivity contribution in [1.29, 1.82) is 0 Å². The topological polar surface area (TPSA) is 41.1 Å². The molecule has 0 aliphatic heterocycles. The summed E-state index contributed by atoms with van der Waals surface area (Å²) in [7, 11) is 0. The monoisotopic (exact) mass is 346 g/mol. The molecule has 0 spiro atoms. The van der Waals surface area contributed by atoms with Gasteiger partial charge >= 0.3 is 6.03 Å². The zero-order valence-corrected chi connectivity index (χ0v) is 12.9. The molecule has 0 saturated heterocycles. The van der Waals surface area contributed by atoms with E-state index in [-0.39, 0.29) is 11.6 Å². The number of nitrogens with one attached hydrogen (secondary N) is 2. The van der Waals surface area contributed by atoms with E-state index in [1.165, 1.54) is 18.2 Å². The Bertz CT molecular complexity index is 679. The van der Waals surface area contributed by atoms with Gasteiger partial charge in [-0.25, -0.2) is 9.18 Å². The van der Waals surface area contributed by atoms with Crippen LogP contribution in [0.25, 0.3) is 0 Å². The third-order valence-electron chi connectivity index (χ3n) is 2.63. The summed E-state index contributed by atoms with van der Waals surface area (Å²) < 4.78 is 13.0. The van der Waals surface area contributed by atoms with Crippen molar-refractivity contribution in [3.05, 3.63) is 62.8 Å². The molecule has 0 heterocycles. The summed E-state index contributed by atoms with van der Waals surface area (Å²) in [6.07, 6.45) is 0. The lowest BCUT2D eigenvalue weighted by atomic mass is 10.2. The molecule has 3 nitrogen and oxygen atoms in total. The van der Waals surface area contributed by atoms with Crippen LogP contribution < -0.4 is 10.6 Å². The highest BCUT2D eigenvalue weighted by molar-refractivity contribution is 6.35. The van der Waals surface area contributed by atoms with Crippen molar-refractivity contribution in [1.82, 2.24) is 5.32 Å².